The maximum atomic E-state index is 11.9. The molecule has 0 aliphatic rings. The Kier molecular flexibility index (Phi) is 3.12. The van der Waals surface area contributed by atoms with Crippen LogP contribution in [0.15, 0.2) is 23.0 Å². The molecule has 1 aromatic heterocycles. The molecule has 1 aromatic carbocycles. The molecule has 1 unspecified atom stereocenters. The summed E-state index contributed by atoms with van der Waals surface area (Å²) >= 11 is 0. The van der Waals surface area contributed by atoms with E-state index in [-0.39, 0.29) is 17.5 Å². The van der Waals surface area contributed by atoms with Crippen LogP contribution in [-0.4, -0.2) is 26.5 Å². The number of H-pyrrole nitrogens is 1. The minimum Gasteiger partial charge on any atom is -0.478 e. The Labute approximate surface area is 107 Å². The summed E-state index contributed by atoms with van der Waals surface area (Å²) in [4.78, 5) is 36.4. The third-order valence-electron chi connectivity index (χ3n) is 2.92. The highest BCUT2D eigenvalue weighted by Gasteiger charge is 2.18. The van der Waals surface area contributed by atoms with E-state index in [1.165, 1.54) is 10.6 Å². The van der Waals surface area contributed by atoms with E-state index in [4.69, 9.17) is 10.8 Å². The number of carbonyl (C=O) groups is 2. The van der Waals surface area contributed by atoms with Gasteiger partial charge in [-0.25, -0.2) is 9.59 Å². The van der Waals surface area contributed by atoms with Gasteiger partial charge in [-0.15, -0.1) is 0 Å². The number of para-hydroxylation sites is 1. The van der Waals surface area contributed by atoms with Crippen LogP contribution in [0.25, 0.3) is 11.0 Å². The van der Waals surface area contributed by atoms with E-state index in [1.807, 2.05) is 0 Å². The molecule has 7 heteroatoms. The monoisotopic (exact) mass is 263 g/mol. The Morgan fingerprint density at radius 1 is 1.47 bits per heavy atom. The predicted octanol–water partition coefficient (Wildman–Crippen LogP) is 0.464. The van der Waals surface area contributed by atoms with E-state index in [0.29, 0.717) is 5.52 Å². The van der Waals surface area contributed by atoms with Crippen LogP contribution in [0, 0.1) is 0 Å². The van der Waals surface area contributed by atoms with Crippen molar-refractivity contribution in [3.8, 4) is 0 Å². The Balaban J connectivity index is 2.66. The lowest BCUT2D eigenvalue weighted by atomic mass is 10.1. The highest BCUT2D eigenvalue weighted by atomic mass is 16.4. The third-order valence-corrected chi connectivity index (χ3v) is 2.92. The van der Waals surface area contributed by atoms with Crippen LogP contribution in [0.4, 0.5) is 0 Å². The number of aromatic carboxylic acids is 1. The van der Waals surface area contributed by atoms with E-state index in [2.05, 4.69) is 4.98 Å². The molecule has 2 aromatic rings. The Hall–Kier alpha value is -2.57. The fraction of sp³-hybridized carbons (Fsp3) is 0.250. The van der Waals surface area contributed by atoms with Gasteiger partial charge in [0.15, 0.2) is 0 Å². The van der Waals surface area contributed by atoms with Gasteiger partial charge in [-0.05, 0) is 19.1 Å². The second-order valence-corrected chi connectivity index (χ2v) is 4.32. The topological polar surface area (TPSA) is 118 Å². The van der Waals surface area contributed by atoms with Crippen LogP contribution in [0.3, 0.4) is 0 Å². The average Bonchev–Trinajstić information content (AvgIpc) is 2.63. The smallest absolute Gasteiger partial charge is 0.337 e. The van der Waals surface area contributed by atoms with Gasteiger partial charge < -0.3 is 15.8 Å². The zero-order chi connectivity index (χ0) is 14.2. The number of fused-ring (bicyclic) bond motifs is 1. The minimum absolute atomic E-state index is 0.00413. The number of benzene rings is 1. The summed E-state index contributed by atoms with van der Waals surface area (Å²) in [6, 6.07) is 4.13. The molecule has 0 saturated heterocycles. The maximum Gasteiger partial charge on any atom is 0.337 e. The molecule has 0 saturated carbocycles. The van der Waals surface area contributed by atoms with Gasteiger partial charge in [0.1, 0.15) is 0 Å². The van der Waals surface area contributed by atoms with Gasteiger partial charge in [0, 0.05) is 12.5 Å². The first-order valence-corrected chi connectivity index (χ1v) is 5.66. The summed E-state index contributed by atoms with van der Waals surface area (Å²) in [7, 11) is 0. The highest BCUT2D eigenvalue weighted by molar-refractivity contribution is 6.00. The summed E-state index contributed by atoms with van der Waals surface area (Å²) < 4.78 is 1.34. The molecular formula is C12H13N3O4. The van der Waals surface area contributed by atoms with Gasteiger partial charge in [0.05, 0.1) is 16.6 Å². The van der Waals surface area contributed by atoms with Crippen LogP contribution < -0.4 is 11.4 Å². The summed E-state index contributed by atoms with van der Waals surface area (Å²) in [6.45, 7) is 1.67. The molecule has 0 bridgehead atoms. The van der Waals surface area contributed by atoms with Crippen molar-refractivity contribution in [2.75, 3.05) is 0 Å². The predicted molar refractivity (Wildman–Crippen MR) is 68.0 cm³/mol. The zero-order valence-corrected chi connectivity index (χ0v) is 10.2. The first-order chi connectivity index (χ1) is 8.91. The molecular weight excluding hydrogens is 250 g/mol. The number of aromatic amines is 1. The Morgan fingerprint density at radius 2 is 2.16 bits per heavy atom. The molecule has 2 rings (SSSR count). The van der Waals surface area contributed by atoms with E-state index in [0.717, 1.165) is 0 Å². The Morgan fingerprint density at radius 3 is 2.74 bits per heavy atom. The second kappa shape index (κ2) is 4.60. The van der Waals surface area contributed by atoms with Crippen molar-refractivity contribution in [1.29, 1.82) is 0 Å². The number of imidazole rings is 1. The third kappa shape index (κ3) is 2.22. The lowest BCUT2D eigenvalue weighted by molar-refractivity contribution is -0.118. The van der Waals surface area contributed by atoms with Crippen molar-refractivity contribution in [3.05, 3.63) is 34.2 Å². The number of aromatic nitrogens is 2. The minimum atomic E-state index is -1.12. The number of carbonyl (C=O) groups excluding carboxylic acids is 1. The largest absolute Gasteiger partial charge is 0.478 e. The molecule has 100 valence electrons. The van der Waals surface area contributed by atoms with Crippen molar-refractivity contribution in [2.24, 2.45) is 5.73 Å². The van der Waals surface area contributed by atoms with Crippen LogP contribution in [0.5, 0.6) is 0 Å². The summed E-state index contributed by atoms with van der Waals surface area (Å²) in [6.07, 6.45) is 0.00413. The van der Waals surface area contributed by atoms with Crippen molar-refractivity contribution >= 4 is 22.9 Å². The number of carboxylic acids is 1. The first kappa shape index (κ1) is 12.9. The number of hydrogen-bond donors (Lipinski definition) is 3. The first-order valence-electron chi connectivity index (χ1n) is 5.66. The standard InChI is InChI=1S/C12H13N3O4/c1-6(5-9(13)16)15-8-4-2-3-7(11(17)18)10(8)14-12(15)19/h2-4,6H,5H2,1H3,(H2,13,16)(H,14,19)(H,17,18). The van der Waals surface area contributed by atoms with Crippen LogP contribution >= 0.6 is 0 Å². The van der Waals surface area contributed by atoms with Crippen LogP contribution in [0.1, 0.15) is 29.7 Å². The number of nitrogens with zero attached hydrogens (tertiary/aromatic N) is 1. The van der Waals surface area contributed by atoms with Gasteiger partial charge in [-0.3, -0.25) is 9.36 Å². The molecule has 0 radical (unpaired) electrons. The number of nitrogens with one attached hydrogen (secondary N) is 1. The lowest BCUT2D eigenvalue weighted by Crippen LogP contribution is -2.24. The number of primary amides is 1. The normalized spacial score (nSPS) is 12.5. The molecule has 0 aliphatic carbocycles. The molecule has 0 fully saturated rings. The molecule has 4 N–H and O–H groups in total. The number of carboxylic acid groups (broad SMARTS) is 1. The van der Waals surface area contributed by atoms with Crippen molar-refractivity contribution in [1.82, 2.24) is 9.55 Å². The van der Waals surface area contributed by atoms with E-state index < -0.39 is 23.6 Å². The number of rotatable bonds is 4. The van der Waals surface area contributed by atoms with Crippen LogP contribution in [-0.2, 0) is 4.79 Å². The van der Waals surface area contributed by atoms with Gasteiger partial charge in [-0.1, -0.05) is 6.07 Å². The van der Waals surface area contributed by atoms with Crippen molar-refractivity contribution in [2.45, 2.75) is 19.4 Å². The summed E-state index contributed by atoms with van der Waals surface area (Å²) in [5, 5.41) is 9.06. The van der Waals surface area contributed by atoms with Gasteiger partial charge >= 0.3 is 11.7 Å². The molecule has 19 heavy (non-hydrogen) atoms. The fourth-order valence-corrected chi connectivity index (χ4v) is 2.15. The number of hydrogen-bond acceptors (Lipinski definition) is 3. The van der Waals surface area contributed by atoms with Gasteiger partial charge in [0.2, 0.25) is 5.91 Å². The molecule has 1 heterocycles. The summed E-state index contributed by atoms with van der Waals surface area (Å²) in [5.41, 5.74) is 5.36. The quantitative estimate of drug-likeness (QED) is 0.742. The van der Waals surface area contributed by atoms with Gasteiger partial charge in [0.25, 0.3) is 0 Å². The zero-order valence-electron chi connectivity index (χ0n) is 10.2. The SMILES string of the molecule is CC(CC(N)=O)n1c(=O)[nH]c2c(C(=O)O)cccc21. The maximum absolute atomic E-state index is 11.9. The van der Waals surface area contributed by atoms with Crippen molar-refractivity contribution < 1.29 is 14.7 Å². The Bertz CT molecular complexity index is 713. The molecule has 0 spiro atoms. The lowest BCUT2D eigenvalue weighted by Gasteiger charge is -2.11. The molecule has 1 atom stereocenters. The molecule has 7 nitrogen and oxygen atoms in total. The number of amides is 1. The second-order valence-electron chi connectivity index (χ2n) is 4.32. The number of nitrogens with two attached hydrogens (primary N) is 1. The molecule has 1 amide bonds. The van der Waals surface area contributed by atoms with E-state index in [1.54, 1.807) is 19.1 Å². The van der Waals surface area contributed by atoms with E-state index in [9.17, 15) is 14.4 Å². The molecule has 0 aliphatic heterocycles. The van der Waals surface area contributed by atoms with Crippen molar-refractivity contribution in [3.63, 3.8) is 0 Å². The highest BCUT2D eigenvalue weighted by Crippen LogP contribution is 2.20. The summed E-state index contributed by atoms with van der Waals surface area (Å²) in [5.74, 6) is -1.65. The van der Waals surface area contributed by atoms with Gasteiger partial charge in [-0.2, -0.15) is 0 Å². The van der Waals surface area contributed by atoms with Crippen LogP contribution in [0.2, 0.25) is 0 Å². The van der Waals surface area contributed by atoms with E-state index >= 15 is 0 Å². The fourth-order valence-electron chi connectivity index (χ4n) is 2.15. The average molecular weight is 263 g/mol.